The minimum Gasteiger partial charge on any atom is -0.497 e. The smallest absolute Gasteiger partial charge is 0.317 e. The Kier molecular flexibility index (Phi) is 9.24. The summed E-state index contributed by atoms with van der Waals surface area (Å²) >= 11 is 6.96. The Bertz CT molecular complexity index is 1380. The number of hydrogen-bond acceptors (Lipinski definition) is 9. The van der Waals surface area contributed by atoms with Crippen LogP contribution in [-0.4, -0.2) is 82.1 Å². The molecule has 0 spiro atoms. The van der Waals surface area contributed by atoms with E-state index in [1.807, 2.05) is 23.1 Å². The maximum absolute atomic E-state index is 13.6. The highest BCUT2D eigenvalue weighted by Crippen LogP contribution is 2.49. The van der Waals surface area contributed by atoms with E-state index in [0.717, 1.165) is 30.4 Å². The molecule has 0 radical (unpaired) electrons. The van der Waals surface area contributed by atoms with Crippen molar-refractivity contribution in [1.29, 1.82) is 0 Å². The highest BCUT2D eigenvalue weighted by atomic mass is 32.2. The number of carbonyl (C=O) groups is 3. The summed E-state index contributed by atoms with van der Waals surface area (Å²) in [6.45, 7) is -0.479. The summed E-state index contributed by atoms with van der Waals surface area (Å²) in [7, 11) is 3.13. The van der Waals surface area contributed by atoms with Crippen molar-refractivity contribution in [3.05, 3.63) is 40.5 Å². The monoisotopic (exact) mass is 614 g/mol. The van der Waals surface area contributed by atoms with Crippen LogP contribution in [0.15, 0.2) is 33.6 Å². The summed E-state index contributed by atoms with van der Waals surface area (Å²) in [5, 5.41) is 18.4. The number of methoxy groups -OCH3 is 2. The summed E-state index contributed by atoms with van der Waals surface area (Å²) in [5.74, 6) is 1.14. The number of furan rings is 1. The van der Waals surface area contributed by atoms with Gasteiger partial charge in [0.1, 0.15) is 27.3 Å². The molecule has 42 heavy (non-hydrogen) atoms. The van der Waals surface area contributed by atoms with Crippen molar-refractivity contribution in [1.82, 2.24) is 9.80 Å². The highest BCUT2D eigenvalue weighted by molar-refractivity contribution is 8.26. The van der Waals surface area contributed by atoms with Crippen molar-refractivity contribution in [3.63, 3.8) is 0 Å². The first-order chi connectivity index (χ1) is 20.1. The molecule has 1 aromatic heterocycles. The maximum atomic E-state index is 13.6. The average molecular weight is 615 g/mol. The molecule has 2 aromatic rings. The summed E-state index contributed by atoms with van der Waals surface area (Å²) < 4.78 is 17.7. The van der Waals surface area contributed by atoms with Gasteiger partial charge in [-0.15, -0.1) is 0 Å². The van der Waals surface area contributed by atoms with Crippen LogP contribution in [0.3, 0.4) is 0 Å². The Labute approximate surface area is 253 Å². The molecule has 2 saturated carbocycles. The van der Waals surface area contributed by atoms with Crippen molar-refractivity contribution in [2.24, 2.45) is 11.8 Å². The Morgan fingerprint density at radius 3 is 2.36 bits per heavy atom. The molecule has 1 aliphatic heterocycles. The number of carbonyl (C=O) groups excluding carboxylic acids is 1. The number of rotatable bonds is 13. The molecule has 2 N–H and O–H groups in total. The zero-order valence-corrected chi connectivity index (χ0v) is 25.2. The van der Waals surface area contributed by atoms with Crippen molar-refractivity contribution >= 4 is 52.2 Å². The second kappa shape index (κ2) is 12.9. The fourth-order valence-electron chi connectivity index (χ4n) is 6.35. The van der Waals surface area contributed by atoms with Gasteiger partial charge in [0, 0.05) is 23.7 Å². The Morgan fingerprint density at radius 2 is 1.79 bits per heavy atom. The molecule has 3 fully saturated rings. The number of thioether (sulfide) groups is 1. The maximum Gasteiger partial charge on any atom is 0.317 e. The summed E-state index contributed by atoms with van der Waals surface area (Å²) in [6, 6.07) is 7.45. The minimum atomic E-state index is -1.09. The van der Waals surface area contributed by atoms with Gasteiger partial charge in [-0.05, 0) is 74.2 Å². The van der Waals surface area contributed by atoms with Gasteiger partial charge in [0.25, 0.3) is 5.91 Å². The first-order valence-electron chi connectivity index (χ1n) is 13.9. The first-order valence-corrected chi connectivity index (χ1v) is 15.2. The summed E-state index contributed by atoms with van der Waals surface area (Å²) in [6.07, 6.45) is 7.23. The van der Waals surface area contributed by atoms with E-state index >= 15 is 0 Å². The van der Waals surface area contributed by atoms with Gasteiger partial charge in [0.15, 0.2) is 0 Å². The second-order valence-electron chi connectivity index (χ2n) is 11.0. The number of carboxylic acids is 2. The van der Waals surface area contributed by atoms with Crippen LogP contribution < -0.4 is 9.47 Å². The van der Waals surface area contributed by atoms with Gasteiger partial charge in [0.2, 0.25) is 0 Å². The number of amides is 1. The van der Waals surface area contributed by atoms with E-state index in [0.29, 0.717) is 56.9 Å². The Morgan fingerprint density at radius 1 is 1.10 bits per heavy atom. The van der Waals surface area contributed by atoms with Crippen LogP contribution in [0.25, 0.3) is 17.4 Å². The van der Waals surface area contributed by atoms with Crippen LogP contribution in [0.2, 0.25) is 0 Å². The molecule has 3 aliphatic rings. The average Bonchev–Trinajstić information content (AvgIpc) is 3.72. The Hall–Kier alpha value is -3.35. The molecule has 3 atom stereocenters. The zero-order chi connectivity index (χ0) is 30.0. The minimum absolute atomic E-state index is 0.0939. The first kappa shape index (κ1) is 30.1. The van der Waals surface area contributed by atoms with E-state index in [4.69, 9.17) is 26.1 Å². The van der Waals surface area contributed by atoms with Crippen molar-refractivity contribution in [3.8, 4) is 22.8 Å². The number of aliphatic carboxylic acids is 2. The van der Waals surface area contributed by atoms with Crippen molar-refractivity contribution < 1.29 is 38.5 Å². The number of benzene rings is 1. The zero-order valence-electron chi connectivity index (χ0n) is 23.5. The third-order valence-electron chi connectivity index (χ3n) is 8.23. The SMILES string of the molecule is COc1cc(OC)cc(-c2cc(CCCN(CC(=O)O)CC(=O)O)c(C=C3SC(=S)N(C4CC5CCC4C5)C3=O)o2)c1. The number of aryl methyl sites for hydroxylation is 1. The van der Waals surface area contributed by atoms with Crippen LogP contribution in [-0.2, 0) is 20.8 Å². The van der Waals surface area contributed by atoms with E-state index in [2.05, 4.69) is 0 Å². The molecule has 2 bridgehead atoms. The molecular formula is C30H34N2O8S2. The molecule has 1 saturated heterocycles. The van der Waals surface area contributed by atoms with E-state index in [-0.39, 0.29) is 31.6 Å². The van der Waals surface area contributed by atoms with Crippen LogP contribution in [0.5, 0.6) is 11.5 Å². The van der Waals surface area contributed by atoms with Gasteiger partial charge in [0.05, 0.1) is 32.2 Å². The molecule has 12 heteroatoms. The third-order valence-corrected chi connectivity index (χ3v) is 9.56. The van der Waals surface area contributed by atoms with Gasteiger partial charge in [-0.1, -0.05) is 30.4 Å². The fourth-order valence-corrected chi connectivity index (χ4v) is 7.70. The number of carboxylic acid groups (broad SMARTS) is 2. The molecule has 5 rings (SSSR count). The fraction of sp³-hybridized carbons (Fsp3) is 0.467. The van der Waals surface area contributed by atoms with Gasteiger partial charge < -0.3 is 24.1 Å². The number of nitrogens with zero attached hydrogens (tertiary/aromatic N) is 2. The lowest BCUT2D eigenvalue weighted by Gasteiger charge is -2.30. The lowest BCUT2D eigenvalue weighted by molar-refractivity contribution is -0.141. The molecule has 1 amide bonds. The van der Waals surface area contributed by atoms with Crippen LogP contribution in [0.1, 0.15) is 43.4 Å². The normalized spacial score (nSPS) is 22.5. The van der Waals surface area contributed by atoms with E-state index in [1.54, 1.807) is 26.4 Å². The molecular weight excluding hydrogens is 580 g/mol. The highest BCUT2D eigenvalue weighted by Gasteiger charge is 2.48. The van der Waals surface area contributed by atoms with Crippen molar-refractivity contribution in [2.75, 3.05) is 33.9 Å². The van der Waals surface area contributed by atoms with Gasteiger partial charge in [-0.3, -0.25) is 24.2 Å². The van der Waals surface area contributed by atoms with Gasteiger partial charge in [-0.25, -0.2) is 0 Å². The predicted molar refractivity (Wildman–Crippen MR) is 162 cm³/mol. The number of hydrogen-bond donors (Lipinski definition) is 2. The lowest BCUT2D eigenvalue weighted by Crippen LogP contribution is -2.41. The molecule has 224 valence electrons. The molecule has 10 nitrogen and oxygen atoms in total. The molecule has 2 heterocycles. The molecule has 3 unspecified atom stereocenters. The second-order valence-corrected chi connectivity index (χ2v) is 12.7. The number of thiocarbonyl (C=S) groups is 1. The Balaban J connectivity index is 1.42. The number of ether oxygens (including phenoxy) is 2. The standard InChI is InChI=1S/C30H34N2O8S2/c1-38-21-10-20(11-22(13-21)39-2)24-12-19(4-3-7-31(15-27(33)34)16-28(35)36)25(40-24)14-26-29(37)32(30(41)42-26)23-9-17-5-6-18(23)8-17/h10-14,17-18,23H,3-9,15-16H2,1-2H3,(H,33,34)(H,35,36). The summed E-state index contributed by atoms with van der Waals surface area (Å²) in [4.78, 5) is 39.8. The van der Waals surface area contributed by atoms with Crippen LogP contribution >= 0.6 is 24.0 Å². The number of fused-ring (bicyclic) bond motifs is 2. The molecule has 2 aliphatic carbocycles. The van der Waals surface area contributed by atoms with Gasteiger partial charge in [-0.2, -0.15) is 0 Å². The van der Waals surface area contributed by atoms with Crippen molar-refractivity contribution in [2.45, 2.75) is 44.6 Å². The van der Waals surface area contributed by atoms with E-state index in [9.17, 15) is 24.6 Å². The topological polar surface area (TPSA) is 130 Å². The van der Waals surface area contributed by atoms with E-state index in [1.165, 1.54) is 23.1 Å². The van der Waals surface area contributed by atoms with E-state index < -0.39 is 11.9 Å². The van der Waals surface area contributed by atoms with Crippen LogP contribution in [0, 0.1) is 11.8 Å². The largest absolute Gasteiger partial charge is 0.497 e. The van der Waals surface area contributed by atoms with Gasteiger partial charge >= 0.3 is 11.9 Å². The quantitative estimate of drug-likeness (QED) is 0.239. The lowest BCUT2D eigenvalue weighted by atomic mass is 9.94. The predicted octanol–water partition coefficient (Wildman–Crippen LogP) is 4.76. The summed E-state index contributed by atoms with van der Waals surface area (Å²) in [5.41, 5.74) is 1.53. The molecule has 1 aromatic carbocycles. The third kappa shape index (κ3) is 6.66. The van der Waals surface area contributed by atoms with Crippen LogP contribution in [0.4, 0.5) is 0 Å².